The van der Waals surface area contributed by atoms with Gasteiger partial charge in [0.2, 0.25) is 0 Å². The summed E-state index contributed by atoms with van der Waals surface area (Å²) in [4.78, 5) is 0. The lowest BCUT2D eigenvalue weighted by Crippen LogP contribution is -2.18. The van der Waals surface area contributed by atoms with E-state index in [1.165, 1.54) is 22.5 Å². The van der Waals surface area contributed by atoms with Crippen LogP contribution < -0.4 is 10.6 Å². The molecule has 1 aliphatic rings. The molecule has 0 unspecified atom stereocenters. The summed E-state index contributed by atoms with van der Waals surface area (Å²) in [5.74, 6) is 0. The SMILES string of the molecule is CC1=C(C)c2ccccc2NCN1. The van der Waals surface area contributed by atoms with E-state index in [0.717, 1.165) is 6.67 Å². The van der Waals surface area contributed by atoms with Crippen LogP contribution in [-0.2, 0) is 0 Å². The van der Waals surface area contributed by atoms with Gasteiger partial charge in [-0.15, -0.1) is 0 Å². The molecule has 13 heavy (non-hydrogen) atoms. The van der Waals surface area contributed by atoms with Crippen molar-refractivity contribution in [3.63, 3.8) is 0 Å². The quantitative estimate of drug-likeness (QED) is 0.631. The predicted molar refractivity (Wildman–Crippen MR) is 56.3 cm³/mol. The number of fused-ring (bicyclic) bond motifs is 1. The molecule has 1 heterocycles. The molecule has 0 fully saturated rings. The van der Waals surface area contributed by atoms with Gasteiger partial charge < -0.3 is 10.6 Å². The minimum atomic E-state index is 0.806. The highest BCUT2D eigenvalue weighted by Gasteiger charge is 2.08. The van der Waals surface area contributed by atoms with E-state index in [1.807, 2.05) is 0 Å². The third kappa shape index (κ3) is 1.39. The summed E-state index contributed by atoms with van der Waals surface area (Å²) >= 11 is 0. The molecule has 2 rings (SSSR count). The molecule has 2 heteroatoms. The van der Waals surface area contributed by atoms with Gasteiger partial charge in [0, 0.05) is 16.9 Å². The Morgan fingerprint density at radius 1 is 1.08 bits per heavy atom. The Morgan fingerprint density at radius 2 is 1.85 bits per heavy atom. The second kappa shape index (κ2) is 3.13. The molecule has 0 saturated heterocycles. The molecule has 1 aromatic carbocycles. The number of nitrogens with one attached hydrogen (secondary N) is 2. The monoisotopic (exact) mass is 174 g/mol. The molecule has 0 spiro atoms. The first-order valence-electron chi connectivity index (χ1n) is 4.53. The summed E-state index contributed by atoms with van der Waals surface area (Å²) in [6, 6.07) is 8.38. The van der Waals surface area contributed by atoms with Crippen molar-refractivity contribution in [1.29, 1.82) is 0 Å². The van der Waals surface area contributed by atoms with Gasteiger partial charge in [-0.2, -0.15) is 0 Å². The predicted octanol–water partition coefficient (Wildman–Crippen LogP) is 2.41. The Labute approximate surface area is 78.7 Å². The molecule has 0 aliphatic carbocycles. The van der Waals surface area contributed by atoms with Crippen LogP contribution in [0, 0.1) is 0 Å². The third-order valence-electron chi connectivity index (χ3n) is 2.53. The Bertz CT molecular complexity index is 353. The average molecular weight is 174 g/mol. The van der Waals surface area contributed by atoms with Crippen molar-refractivity contribution in [2.45, 2.75) is 13.8 Å². The van der Waals surface area contributed by atoms with Crippen molar-refractivity contribution in [2.75, 3.05) is 12.0 Å². The van der Waals surface area contributed by atoms with Gasteiger partial charge in [0.05, 0.1) is 6.67 Å². The summed E-state index contributed by atoms with van der Waals surface area (Å²) in [7, 11) is 0. The maximum absolute atomic E-state index is 3.33. The third-order valence-corrected chi connectivity index (χ3v) is 2.53. The lowest BCUT2D eigenvalue weighted by Gasteiger charge is -2.06. The number of rotatable bonds is 0. The van der Waals surface area contributed by atoms with Crippen LogP contribution in [0.5, 0.6) is 0 Å². The van der Waals surface area contributed by atoms with E-state index in [1.54, 1.807) is 0 Å². The second-order valence-electron chi connectivity index (χ2n) is 3.33. The Hall–Kier alpha value is -1.44. The molecule has 1 aromatic rings. The molecular formula is C11H14N2. The summed E-state index contributed by atoms with van der Waals surface area (Å²) in [6.07, 6.45) is 0. The fourth-order valence-corrected chi connectivity index (χ4v) is 1.57. The minimum absolute atomic E-state index is 0.806. The zero-order valence-corrected chi connectivity index (χ0v) is 8.02. The average Bonchev–Trinajstić information content (AvgIpc) is 2.29. The zero-order valence-electron chi connectivity index (χ0n) is 8.02. The molecule has 2 nitrogen and oxygen atoms in total. The molecule has 2 N–H and O–H groups in total. The van der Waals surface area contributed by atoms with Crippen LogP contribution in [0.15, 0.2) is 30.0 Å². The molecule has 0 saturated carbocycles. The van der Waals surface area contributed by atoms with Gasteiger partial charge >= 0.3 is 0 Å². The summed E-state index contributed by atoms with van der Waals surface area (Å²) < 4.78 is 0. The largest absolute Gasteiger partial charge is 0.371 e. The van der Waals surface area contributed by atoms with Crippen LogP contribution in [0.3, 0.4) is 0 Å². The maximum atomic E-state index is 3.33. The summed E-state index contributed by atoms with van der Waals surface area (Å²) in [6.45, 7) is 5.06. The number of allylic oxidation sites excluding steroid dienone is 2. The zero-order chi connectivity index (χ0) is 9.26. The van der Waals surface area contributed by atoms with Gasteiger partial charge in [-0.1, -0.05) is 18.2 Å². The van der Waals surface area contributed by atoms with Crippen LogP contribution in [0.4, 0.5) is 5.69 Å². The minimum Gasteiger partial charge on any atom is -0.371 e. The summed E-state index contributed by atoms with van der Waals surface area (Å²) in [5.41, 5.74) is 5.08. The number of benzene rings is 1. The highest BCUT2D eigenvalue weighted by atomic mass is 15.1. The molecule has 68 valence electrons. The lowest BCUT2D eigenvalue weighted by atomic mass is 10.0. The molecule has 0 bridgehead atoms. The van der Waals surface area contributed by atoms with Crippen LogP contribution in [-0.4, -0.2) is 6.67 Å². The number of hydrogen-bond donors (Lipinski definition) is 2. The lowest BCUT2D eigenvalue weighted by molar-refractivity contribution is 0.874. The fraction of sp³-hybridized carbons (Fsp3) is 0.273. The number of hydrogen-bond acceptors (Lipinski definition) is 2. The van der Waals surface area contributed by atoms with Crippen molar-refractivity contribution >= 4 is 11.3 Å². The Morgan fingerprint density at radius 3 is 2.69 bits per heavy atom. The van der Waals surface area contributed by atoms with E-state index in [-0.39, 0.29) is 0 Å². The normalized spacial score (nSPS) is 15.5. The molecule has 0 radical (unpaired) electrons. The first kappa shape index (κ1) is 8.17. The molecule has 0 atom stereocenters. The second-order valence-corrected chi connectivity index (χ2v) is 3.33. The van der Waals surface area contributed by atoms with Crippen LogP contribution in [0.2, 0.25) is 0 Å². The van der Waals surface area contributed by atoms with Gasteiger partial charge in [-0.05, 0) is 25.5 Å². The Kier molecular flexibility index (Phi) is 1.97. The highest BCUT2D eigenvalue weighted by Crippen LogP contribution is 2.26. The number of anilines is 1. The summed E-state index contributed by atoms with van der Waals surface area (Å²) in [5, 5.41) is 6.64. The molecule has 0 aromatic heterocycles. The molecule has 0 amide bonds. The van der Waals surface area contributed by atoms with Gasteiger partial charge in [0.15, 0.2) is 0 Å². The van der Waals surface area contributed by atoms with Crippen LogP contribution in [0.25, 0.3) is 5.57 Å². The van der Waals surface area contributed by atoms with Gasteiger partial charge in [0.25, 0.3) is 0 Å². The van der Waals surface area contributed by atoms with E-state index >= 15 is 0 Å². The topological polar surface area (TPSA) is 24.1 Å². The fourth-order valence-electron chi connectivity index (χ4n) is 1.57. The number of para-hydroxylation sites is 1. The smallest absolute Gasteiger partial charge is 0.0847 e. The van der Waals surface area contributed by atoms with E-state index in [9.17, 15) is 0 Å². The highest BCUT2D eigenvalue weighted by molar-refractivity contribution is 5.77. The standard InChI is InChI=1S/C11H14N2/c1-8-9(2)12-7-13-11-6-4-3-5-10(8)11/h3-6,12-13H,7H2,1-2H3. The first-order chi connectivity index (χ1) is 6.29. The Balaban J connectivity index is 2.56. The van der Waals surface area contributed by atoms with Crippen molar-refractivity contribution in [1.82, 2.24) is 5.32 Å². The molecule has 1 aliphatic heterocycles. The van der Waals surface area contributed by atoms with Gasteiger partial charge in [-0.3, -0.25) is 0 Å². The van der Waals surface area contributed by atoms with Gasteiger partial charge in [-0.25, -0.2) is 0 Å². The van der Waals surface area contributed by atoms with Crippen LogP contribution in [0.1, 0.15) is 19.4 Å². The van der Waals surface area contributed by atoms with Crippen molar-refractivity contribution in [2.24, 2.45) is 0 Å². The van der Waals surface area contributed by atoms with E-state index < -0.39 is 0 Å². The van der Waals surface area contributed by atoms with E-state index in [0.29, 0.717) is 0 Å². The van der Waals surface area contributed by atoms with E-state index in [2.05, 4.69) is 48.7 Å². The maximum Gasteiger partial charge on any atom is 0.0847 e. The molecular weight excluding hydrogens is 160 g/mol. The van der Waals surface area contributed by atoms with Crippen molar-refractivity contribution in [3.8, 4) is 0 Å². The van der Waals surface area contributed by atoms with Crippen LogP contribution >= 0.6 is 0 Å². The van der Waals surface area contributed by atoms with E-state index in [4.69, 9.17) is 0 Å². The van der Waals surface area contributed by atoms with Crippen molar-refractivity contribution in [3.05, 3.63) is 35.5 Å². The van der Waals surface area contributed by atoms with Crippen molar-refractivity contribution < 1.29 is 0 Å². The van der Waals surface area contributed by atoms with Gasteiger partial charge in [0.1, 0.15) is 0 Å². The first-order valence-corrected chi connectivity index (χ1v) is 4.53.